The van der Waals surface area contributed by atoms with Gasteiger partial charge < -0.3 is 0 Å². The number of rotatable bonds is 2. The predicted molar refractivity (Wildman–Crippen MR) is 58.3 cm³/mol. The van der Waals surface area contributed by atoms with Crippen LogP contribution in [0.1, 0.15) is 11.3 Å². The zero-order valence-corrected chi connectivity index (χ0v) is 8.97. The Morgan fingerprint density at radius 1 is 1.53 bits per heavy atom. The first-order valence-corrected chi connectivity index (χ1v) is 4.87. The van der Waals surface area contributed by atoms with Crippen molar-refractivity contribution < 1.29 is 0 Å². The molecule has 0 aliphatic heterocycles. The van der Waals surface area contributed by atoms with Crippen molar-refractivity contribution >= 4 is 12.2 Å². The van der Waals surface area contributed by atoms with Crippen LogP contribution in [0.25, 0.3) is 0 Å². The highest BCUT2D eigenvalue weighted by atomic mass is 32.1. The van der Waals surface area contributed by atoms with Crippen LogP contribution in [0.15, 0.2) is 23.1 Å². The minimum Gasteiger partial charge on any atom is -0.272 e. The van der Waals surface area contributed by atoms with Crippen LogP contribution in [0.4, 0.5) is 0 Å². The first-order valence-electron chi connectivity index (χ1n) is 4.46. The normalized spacial score (nSPS) is 10.5. The minimum absolute atomic E-state index is 0.245. The van der Waals surface area contributed by atoms with Crippen LogP contribution < -0.4 is 5.69 Å². The van der Waals surface area contributed by atoms with E-state index in [0.29, 0.717) is 11.3 Å². The highest BCUT2D eigenvalue weighted by Gasteiger charge is 2.04. The Morgan fingerprint density at radius 3 is 2.93 bits per heavy atom. The summed E-state index contributed by atoms with van der Waals surface area (Å²) < 4.78 is 1.81. The quantitative estimate of drug-likeness (QED) is 0.744. The Kier molecular flexibility index (Phi) is 2.51. The molecule has 2 rings (SSSR count). The smallest absolute Gasteiger partial charge is 0.272 e. The molecular weight excluding hydrogens is 212 g/mol. The average molecular weight is 222 g/mol. The number of hydrogen-bond acceptors (Lipinski definition) is 3. The van der Waals surface area contributed by atoms with E-state index < -0.39 is 0 Å². The number of nitrogens with one attached hydrogen (secondary N) is 2. The molecule has 0 saturated heterocycles. The second-order valence-electron chi connectivity index (χ2n) is 3.21. The molecule has 2 N–H and O–H groups in total. The summed E-state index contributed by atoms with van der Waals surface area (Å²) in [5, 5.41) is 5.02. The molecule has 0 aromatic carbocycles. The second-order valence-corrected chi connectivity index (χ2v) is 3.60. The summed E-state index contributed by atoms with van der Waals surface area (Å²) in [6.45, 7) is 2.34. The van der Waals surface area contributed by atoms with Crippen LogP contribution in [0.5, 0.6) is 0 Å². The van der Waals surface area contributed by atoms with Crippen LogP contribution in [0.2, 0.25) is 0 Å². The number of nitrogens with zero attached hydrogens (tertiary/aromatic N) is 2. The average Bonchev–Trinajstić information content (AvgIpc) is 2.53. The summed E-state index contributed by atoms with van der Waals surface area (Å²) in [4.78, 5) is 15.5. The lowest BCUT2D eigenvalue weighted by Crippen LogP contribution is -2.18. The Labute approximate surface area is 90.8 Å². The molecular formula is C9H10N4OS. The minimum atomic E-state index is -0.245. The topological polar surface area (TPSA) is 66.5 Å². The van der Waals surface area contributed by atoms with Gasteiger partial charge in [-0.15, -0.1) is 0 Å². The van der Waals surface area contributed by atoms with E-state index in [4.69, 9.17) is 12.2 Å². The maximum atomic E-state index is 11.3. The van der Waals surface area contributed by atoms with Gasteiger partial charge >= 0.3 is 5.69 Å². The lowest BCUT2D eigenvalue weighted by atomic mass is 10.2. The standard InChI is InChI=1S/C9H10N4OS/c1-6-3-2-4-10-7(6)5-13-8(14)11-12-9(13)15/h2-4H,5H2,1H3,(H,11,14)(H,12,15). The summed E-state index contributed by atoms with van der Waals surface area (Å²) in [6, 6.07) is 3.81. The summed E-state index contributed by atoms with van der Waals surface area (Å²) >= 11 is 4.96. The lowest BCUT2D eigenvalue weighted by Gasteiger charge is -2.03. The molecule has 0 aliphatic carbocycles. The molecule has 0 amide bonds. The molecule has 15 heavy (non-hydrogen) atoms. The first-order chi connectivity index (χ1) is 7.18. The maximum absolute atomic E-state index is 11.3. The molecule has 0 radical (unpaired) electrons. The van der Waals surface area contributed by atoms with E-state index in [1.807, 2.05) is 19.1 Å². The lowest BCUT2D eigenvalue weighted by molar-refractivity contribution is 0.727. The van der Waals surface area contributed by atoms with Gasteiger partial charge in [-0.05, 0) is 30.8 Å². The Bertz CT molecular complexity index is 553. The molecule has 78 valence electrons. The van der Waals surface area contributed by atoms with Gasteiger partial charge in [0.2, 0.25) is 0 Å². The van der Waals surface area contributed by atoms with Gasteiger partial charge in [-0.1, -0.05) is 6.07 Å². The van der Waals surface area contributed by atoms with E-state index in [1.165, 1.54) is 4.57 Å². The van der Waals surface area contributed by atoms with Crippen LogP contribution in [0.3, 0.4) is 0 Å². The predicted octanol–water partition coefficient (Wildman–Crippen LogP) is 0.986. The zero-order chi connectivity index (χ0) is 10.8. The molecule has 0 bridgehead atoms. The Balaban J connectivity index is 2.42. The summed E-state index contributed by atoms with van der Waals surface area (Å²) in [5.74, 6) is 0. The SMILES string of the molecule is Cc1cccnc1Cn1c(=O)[nH][nH]c1=S. The van der Waals surface area contributed by atoms with Gasteiger partial charge in [0.1, 0.15) is 0 Å². The van der Waals surface area contributed by atoms with Crippen molar-refractivity contribution in [2.75, 3.05) is 0 Å². The van der Waals surface area contributed by atoms with Crippen molar-refractivity contribution in [2.45, 2.75) is 13.5 Å². The maximum Gasteiger partial charge on any atom is 0.342 e. The molecule has 6 heteroatoms. The zero-order valence-electron chi connectivity index (χ0n) is 8.15. The van der Waals surface area contributed by atoms with Gasteiger partial charge in [0.25, 0.3) is 0 Å². The summed E-state index contributed by atoms with van der Waals surface area (Å²) in [5.41, 5.74) is 1.64. The van der Waals surface area contributed by atoms with Gasteiger partial charge in [-0.25, -0.2) is 9.89 Å². The molecule has 0 spiro atoms. The van der Waals surface area contributed by atoms with Crippen molar-refractivity contribution in [1.29, 1.82) is 0 Å². The van der Waals surface area contributed by atoms with Crippen molar-refractivity contribution in [3.05, 3.63) is 44.8 Å². The third kappa shape index (κ3) is 1.89. The third-order valence-corrected chi connectivity index (χ3v) is 2.51. The number of aromatic amines is 2. The van der Waals surface area contributed by atoms with Gasteiger partial charge in [-0.2, -0.15) is 0 Å². The van der Waals surface area contributed by atoms with Crippen molar-refractivity contribution in [2.24, 2.45) is 0 Å². The van der Waals surface area contributed by atoms with Crippen LogP contribution in [-0.2, 0) is 6.54 Å². The van der Waals surface area contributed by atoms with Crippen LogP contribution >= 0.6 is 12.2 Å². The Morgan fingerprint density at radius 2 is 2.33 bits per heavy atom. The van der Waals surface area contributed by atoms with Crippen LogP contribution in [0, 0.1) is 11.7 Å². The molecule has 0 fully saturated rings. The number of hydrogen-bond donors (Lipinski definition) is 2. The highest BCUT2D eigenvalue weighted by Crippen LogP contribution is 2.04. The molecule has 0 atom stereocenters. The molecule has 5 nitrogen and oxygen atoms in total. The van der Waals surface area contributed by atoms with Crippen molar-refractivity contribution in [3.8, 4) is 0 Å². The fourth-order valence-electron chi connectivity index (χ4n) is 1.31. The molecule has 2 aromatic heterocycles. The van der Waals surface area contributed by atoms with Gasteiger partial charge in [0.15, 0.2) is 4.77 Å². The largest absolute Gasteiger partial charge is 0.342 e. The molecule has 2 aromatic rings. The van der Waals surface area contributed by atoms with Crippen molar-refractivity contribution in [3.63, 3.8) is 0 Å². The fraction of sp³-hybridized carbons (Fsp3) is 0.222. The van der Waals surface area contributed by atoms with E-state index in [1.54, 1.807) is 6.20 Å². The number of pyridine rings is 1. The van der Waals surface area contributed by atoms with Gasteiger partial charge in [0, 0.05) is 6.20 Å². The molecule has 0 saturated carbocycles. The summed E-state index contributed by atoms with van der Waals surface area (Å²) in [7, 11) is 0. The Hall–Kier alpha value is -1.69. The third-order valence-electron chi connectivity index (χ3n) is 2.19. The van der Waals surface area contributed by atoms with Crippen LogP contribution in [-0.4, -0.2) is 19.7 Å². The molecule has 0 unspecified atom stereocenters. The van der Waals surface area contributed by atoms with Gasteiger partial charge in [-0.3, -0.25) is 14.6 Å². The number of aryl methyl sites for hydroxylation is 1. The van der Waals surface area contributed by atoms with E-state index in [0.717, 1.165) is 11.3 Å². The van der Waals surface area contributed by atoms with E-state index in [-0.39, 0.29) is 5.69 Å². The molecule has 2 heterocycles. The van der Waals surface area contributed by atoms with Crippen molar-refractivity contribution in [1.82, 2.24) is 19.7 Å². The fourth-order valence-corrected chi connectivity index (χ4v) is 1.51. The molecule has 0 aliphatic rings. The second kappa shape index (κ2) is 3.82. The first kappa shape index (κ1) is 9.85. The number of aromatic nitrogens is 4. The van der Waals surface area contributed by atoms with E-state index in [9.17, 15) is 4.79 Å². The van der Waals surface area contributed by atoms with E-state index in [2.05, 4.69) is 15.2 Å². The monoisotopic (exact) mass is 222 g/mol. The van der Waals surface area contributed by atoms with E-state index >= 15 is 0 Å². The summed E-state index contributed by atoms with van der Waals surface area (Å²) in [6.07, 6.45) is 1.70. The highest BCUT2D eigenvalue weighted by molar-refractivity contribution is 7.71. The number of H-pyrrole nitrogens is 2. The van der Waals surface area contributed by atoms with Gasteiger partial charge in [0.05, 0.1) is 12.2 Å².